The highest BCUT2D eigenvalue weighted by Gasteiger charge is 2.10. The molecule has 0 bridgehead atoms. The van der Waals surface area contributed by atoms with E-state index < -0.39 is 0 Å². The highest BCUT2D eigenvalue weighted by atomic mass is 32.1. The number of thiazole rings is 1. The quantitative estimate of drug-likeness (QED) is 0.890. The van der Waals surface area contributed by atoms with Gasteiger partial charge in [0.2, 0.25) is 0 Å². The molecule has 0 radical (unpaired) electrons. The van der Waals surface area contributed by atoms with Crippen LogP contribution in [0.1, 0.15) is 40.7 Å². The van der Waals surface area contributed by atoms with Crippen molar-refractivity contribution in [1.29, 1.82) is 0 Å². The largest absolute Gasteiger partial charge is 0.312 e. The molecule has 2 aromatic heterocycles. The molecule has 0 aromatic carbocycles. The maximum Gasteiger partial charge on any atom is 0.115 e. The van der Waals surface area contributed by atoms with Crippen molar-refractivity contribution in [3.05, 3.63) is 33.0 Å². The Hall–Kier alpha value is -1.20. The summed E-state index contributed by atoms with van der Waals surface area (Å²) in [7, 11) is 0. The summed E-state index contributed by atoms with van der Waals surface area (Å²) in [5.74, 6) is 0.673. The van der Waals surface area contributed by atoms with E-state index in [1.54, 1.807) is 11.3 Å². The van der Waals surface area contributed by atoms with Crippen LogP contribution in [0.4, 0.5) is 0 Å². The number of aryl methyl sites for hydroxylation is 2. The minimum absolute atomic E-state index is 0.673. The van der Waals surface area contributed by atoms with Crippen molar-refractivity contribution in [2.24, 2.45) is 5.92 Å². The summed E-state index contributed by atoms with van der Waals surface area (Å²) in [5, 5.41) is 9.09. The van der Waals surface area contributed by atoms with Gasteiger partial charge >= 0.3 is 0 Å². The standard InChI is InChI=1S/C15H24N4S/c1-10(2)6-16-7-14-8-17-19(12(14)4)9-15-18-11(3)13(5)20-15/h8,10,16H,6-7,9H2,1-5H3. The van der Waals surface area contributed by atoms with Crippen LogP contribution in [0.5, 0.6) is 0 Å². The molecular formula is C15H24N4S. The minimum atomic E-state index is 0.673. The van der Waals surface area contributed by atoms with Gasteiger partial charge in [-0.15, -0.1) is 11.3 Å². The fraction of sp³-hybridized carbons (Fsp3) is 0.600. The molecule has 5 heteroatoms. The molecule has 0 amide bonds. The van der Waals surface area contributed by atoms with Gasteiger partial charge in [0, 0.05) is 22.7 Å². The van der Waals surface area contributed by atoms with Gasteiger partial charge in [-0.3, -0.25) is 4.68 Å². The molecule has 0 aliphatic heterocycles. The van der Waals surface area contributed by atoms with Crippen molar-refractivity contribution < 1.29 is 0 Å². The summed E-state index contributed by atoms with van der Waals surface area (Å²) in [6, 6.07) is 0. The van der Waals surface area contributed by atoms with E-state index in [4.69, 9.17) is 0 Å². The molecule has 0 unspecified atom stereocenters. The van der Waals surface area contributed by atoms with Gasteiger partial charge in [0.1, 0.15) is 5.01 Å². The van der Waals surface area contributed by atoms with E-state index in [9.17, 15) is 0 Å². The molecule has 0 saturated heterocycles. The highest BCUT2D eigenvalue weighted by Crippen LogP contribution is 2.18. The Morgan fingerprint density at radius 1 is 1.30 bits per heavy atom. The second-order valence-electron chi connectivity index (χ2n) is 5.69. The highest BCUT2D eigenvalue weighted by molar-refractivity contribution is 7.11. The zero-order valence-electron chi connectivity index (χ0n) is 13.0. The van der Waals surface area contributed by atoms with Gasteiger partial charge in [-0.05, 0) is 33.2 Å². The van der Waals surface area contributed by atoms with Crippen LogP contribution in [-0.4, -0.2) is 21.3 Å². The lowest BCUT2D eigenvalue weighted by molar-refractivity contribution is 0.550. The Balaban J connectivity index is 2.01. The van der Waals surface area contributed by atoms with E-state index in [1.807, 2.05) is 10.9 Å². The van der Waals surface area contributed by atoms with Crippen LogP contribution >= 0.6 is 11.3 Å². The van der Waals surface area contributed by atoms with Crippen LogP contribution in [0, 0.1) is 26.7 Å². The van der Waals surface area contributed by atoms with Gasteiger partial charge in [-0.1, -0.05) is 13.8 Å². The Morgan fingerprint density at radius 2 is 2.05 bits per heavy atom. The van der Waals surface area contributed by atoms with E-state index in [2.05, 4.69) is 50.0 Å². The Bertz CT molecular complexity index is 549. The second-order valence-corrected chi connectivity index (χ2v) is 6.97. The van der Waals surface area contributed by atoms with Crippen LogP contribution < -0.4 is 5.32 Å². The van der Waals surface area contributed by atoms with Crippen molar-refractivity contribution in [2.75, 3.05) is 6.54 Å². The molecule has 20 heavy (non-hydrogen) atoms. The number of hydrogen-bond acceptors (Lipinski definition) is 4. The molecule has 0 aliphatic rings. The monoisotopic (exact) mass is 292 g/mol. The molecule has 2 rings (SSSR count). The Labute approximate surface area is 125 Å². The number of nitrogens with one attached hydrogen (secondary N) is 1. The number of hydrogen-bond donors (Lipinski definition) is 1. The van der Waals surface area contributed by atoms with E-state index in [0.29, 0.717) is 5.92 Å². The normalized spacial score (nSPS) is 11.5. The fourth-order valence-corrected chi connectivity index (χ4v) is 2.96. The lowest BCUT2D eigenvalue weighted by atomic mass is 10.2. The lowest BCUT2D eigenvalue weighted by Crippen LogP contribution is -2.19. The molecule has 2 heterocycles. The number of nitrogens with zero attached hydrogens (tertiary/aromatic N) is 3. The maximum atomic E-state index is 4.58. The summed E-state index contributed by atoms with van der Waals surface area (Å²) in [6.07, 6.45) is 1.97. The molecule has 0 aliphatic carbocycles. The SMILES string of the molecule is Cc1nc(Cn2ncc(CNCC(C)C)c2C)sc1C. The smallest absolute Gasteiger partial charge is 0.115 e. The third kappa shape index (κ3) is 3.67. The van der Waals surface area contributed by atoms with Gasteiger partial charge in [0.05, 0.1) is 18.4 Å². The van der Waals surface area contributed by atoms with E-state index >= 15 is 0 Å². The Kier molecular flexibility index (Phi) is 4.94. The summed E-state index contributed by atoms with van der Waals surface area (Å²) < 4.78 is 2.05. The van der Waals surface area contributed by atoms with Crippen molar-refractivity contribution in [3.8, 4) is 0 Å². The molecule has 0 fully saturated rings. The Morgan fingerprint density at radius 3 is 2.65 bits per heavy atom. The predicted octanol–water partition coefficient (Wildman–Crippen LogP) is 3.06. The van der Waals surface area contributed by atoms with Crippen LogP contribution in [-0.2, 0) is 13.1 Å². The third-order valence-corrected chi connectivity index (χ3v) is 4.49. The lowest BCUT2D eigenvalue weighted by Gasteiger charge is -2.07. The van der Waals surface area contributed by atoms with E-state index in [1.165, 1.54) is 16.1 Å². The fourth-order valence-electron chi connectivity index (χ4n) is 2.05. The molecule has 0 saturated carbocycles. The summed E-state index contributed by atoms with van der Waals surface area (Å²) in [4.78, 5) is 5.88. The first kappa shape index (κ1) is 15.2. The van der Waals surface area contributed by atoms with Crippen molar-refractivity contribution in [3.63, 3.8) is 0 Å². The summed E-state index contributed by atoms with van der Waals surface area (Å²) >= 11 is 1.76. The zero-order valence-corrected chi connectivity index (χ0v) is 13.8. The van der Waals surface area contributed by atoms with E-state index in [-0.39, 0.29) is 0 Å². The van der Waals surface area contributed by atoms with Gasteiger partial charge < -0.3 is 5.32 Å². The zero-order chi connectivity index (χ0) is 14.7. The first-order chi connectivity index (χ1) is 9.47. The molecule has 4 nitrogen and oxygen atoms in total. The molecule has 2 aromatic rings. The van der Waals surface area contributed by atoms with Crippen LogP contribution in [0.25, 0.3) is 0 Å². The summed E-state index contributed by atoms with van der Waals surface area (Å²) in [6.45, 7) is 13.4. The van der Waals surface area contributed by atoms with Crippen molar-refractivity contribution >= 4 is 11.3 Å². The average molecular weight is 292 g/mol. The van der Waals surface area contributed by atoms with Gasteiger partial charge in [-0.25, -0.2) is 4.98 Å². The van der Waals surface area contributed by atoms with Crippen LogP contribution in [0.3, 0.4) is 0 Å². The summed E-state index contributed by atoms with van der Waals surface area (Å²) in [5.41, 5.74) is 3.64. The first-order valence-electron chi connectivity index (χ1n) is 7.12. The van der Waals surface area contributed by atoms with E-state index in [0.717, 1.165) is 30.3 Å². The average Bonchev–Trinajstić information content (AvgIpc) is 2.86. The second kappa shape index (κ2) is 6.50. The molecular weight excluding hydrogens is 268 g/mol. The topological polar surface area (TPSA) is 42.7 Å². The van der Waals surface area contributed by atoms with Gasteiger partial charge in [-0.2, -0.15) is 5.10 Å². The van der Waals surface area contributed by atoms with Crippen LogP contribution in [0.2, 0.25) is 0 Å². The van der Waals surface area contributed by atoms with Gasteiger partial charge in [0.15, 0.2) is 0 Å². The number of aromatic nitrogens is 3. The molecule has 1 N–H and O–H groups in total. The van der Waals surface area contributed by atoms with Gasteiger partial charge in [0.25, 0.3) is 0 Å². The third-order valence-electron chi connectivity index (χ3n) is 3.43. The number of rotatable bonds is 6. The maximum absolute atomic E-state index is 4.58. The first-order valence-corrected chi connectivity index (χ1v) is 7.94. The molecule has 0 spiro atoms. The molecule has 110 valence electrons. The van der Waals surface area contributed by atoms with Crippen molar-refractivity contribution in [1.82, 2.24) is 20.1 Å². The van der Waals surface area contributed by atoms with Crippen molar-refractivity contribution in [2.45, 2.75) is 47.7 Å². The predicted molar refractivity (Wildman–Crippen MR) is 84.2 cm³/mol. The molecule has 0 atom stereocenters. The minimum Gasteiger partial charge on any atom is -0.312 e. The van der Waals surface area contributed by atoms with Crippen LogP contribution in [0.15, 0.2) is 6.20 Å².